The Morgan fingerprint density at radius 2 is 1.86 bits per heavy atom. The third-order valence-electron chi connectivity index (χ3n) is 6.70. The maximum atomic E-state index is 13.1. The minimum atomic E-state index is -0.00834. The summed E-state index contributed by atoms with van der Waals surface area (Å²) in [6, 6.07) is 5.74. The third kappa shape index (κ3) is 4.22. The topological polar surface area (TPSA) is 63.1 Å². The summed E-state index contributed by atoms with van der Waals surface area (Å²) in [7, 11) is 0. The van der Waals surface area contributed by atoms with Gasteiger partial charge in [-0.15, -0.1) is 0 Å². The van der Waals surface area contributed by atoms with Crippen molar-refractivity contribution in [3.8, 4) is 5.82 Å². The minimum Gasteiger partial charge on any atom is -0.350 e. The first-order chi connectivity index (χ1) is 14.2. The number of carbonyl (C=O) groups is 1. The van der Waals surface area contributed by atoms with Gasteiger partial charge in [0.1, 0.15) is 0 Å². The van der Waals surface area contributed by atoms with Gasteiger partial charge in [-0.1, -0.05) is 38.7 Å². The van der Waals surface area contributed by atoms with Crippen molar-refractivity contribution < 1.29 is 4.79 Å². The molecule has 156 valence electrons. The smallest absolute Gasteiger partial charge is 0.254 e. The lowest BCUT2D eigenvalue weighted by atomic mass is 9.79. The number of likely N-dealkylation sites (tertiary alicyclic amines) is 1. The van der Waals surface area contributed by atoms with Crippen LogP contribution in [0.25, 0.3) is 5.82 Å². The van der Waals surface area contributed by atoms with E-state index in [1.807, 2.05) is 18.2 Å². The molecule has 1 amide bonds. The summed E-state index contributed by atoms with van der Waals surface area (Å²) in [4.78, 5) is 20.2. The maximum Gasteiger partial charge on any atom is 0.254 e. The van der Waals surface area contributed by atoms with Crippen molar-refractivity contribution in [1.82, 2.24) is 25.0 Å². The zero-order chi connectivity index (χ0) is 20.1. The monoisotopic (exact) mass is 395 g/mol. The number of hydrogen-bond acceptors (Lipinski definition) is 4. The van der Waals surface area contributed by atoms with Gasteiger partial charge in [-0.25, -0.2) is 9.67 Å². The zero-order valence-electron chi connectivity index (χ0n) is 17.6. The highest BCUT2D eigenvalue weighted by atomic mass is 16.1. The van der Waals surface area contributed by atoms with Crippen LogP contribution in [0.2, 0.25) is 0 Å². The number of amides is 1. The maximum absolute atomic E-state index is 13.1. The summed E-state index contributed by atoms with van der Waals surface area (Å²) in [6.07, 6.45) is 14.3. The van der Waals surface area contributed by atoms with E-state index in [0.29, 0.717) is 5.56 Å². The summed E-state index contributed by atoms with van der Waals surface area (Å²) in [5.74, 6) is 0.742. The van der Waals surface area contributed by atoms with Crippen molar-refractivity contribution in [3.63, 3.8) is 0 Å². The van der Waals surface area contributed by atoms with Crippen LogP contribution in [0.5, 0.6) is 0 Å². The van der Waals surface area contributed by atoms with Crippen LogP contribution in [-0.4, -0.2) is 50.7 Å². The van der Waals surface area contributed by atoms with Crippen molar-refractivity contribution >= 4 is 5.91 Å². The summed E-state index contributed by atoms with van der Waals surface area (Å²) in [5, 5.41) is 7.76. The summed E-state index contributed by atoms with van der Waals surface area (Å²) in [5.41, 5.74) is 1.72. The van der Waals surface area contributed by atoms with Crippen LogP contribution in [0.1, 0.15) is 74.3 Å². The standard InChI is InChI=1S/C23H33N5O/c1-2-20-19(17-26-28(20)21-11-5-8-14-24-21)22(29)25-18-23(12-6-3-7-13-23)27-15-9-4-10-16-27/h5,8,11,14,17H,2-4,6-7,9-10,12-13,15-16,18H2,1H3,(H,25,29). The number of nitrogens with one attached hydrogen (secondary N) is 1. The fourth-order valence-electron chi connectivity index (χ4n) is 5.10. The number of pyridine rings is 1. The second kappa shape index (κ2) is 9.08. The van der Waals surface area contributed by atoms with E-state index in [-0.39, 0.29) is 11.4 Å². The summed E-state index contributed by atoms with van der Waals surface area (Å²) < 4.78 is 1.79. The molecule has 0 aromatic carbocycles. The molecule has 1 saturated heterocycles. The van der Waals surface area contributed by atoms with Crippen molar-refractivity contribution in [2.75, 3.05) is 19.6 Å². The Labute approximate surface area is 173 Å². The number of aromatic nitrogens is 3. The Hall–Kier alpha value is -2.21. The van der Waals surface area contributed by atoms with Crippen LogP contribution in [0.4, 0.5) is 0 Å². The molecule has 1 aliphatic heterocycles. The van der Waals surface area contributed by atoms with Crippen molar-refractivity contribution in [2.45, 2.75) is 70.3 Å². The Morgan fingerprint density at radius 1 is 1.10 bits per heavy atom. The van der Waals surface area contributed by atoms with E-state index >= 15 is 0 Å². The van der Waals surface area contributed by atoms with Crippen molar-refractivity contribution in [3.05, 3.63) is 41.9 Å². The molecule has 3 heterocycles. The molecule has 0 atom stereocenters. The zero-order valence-corrected chi connectivity index (χ0v) is 17.6. The van der Waals surface area contributed by atoms with Crippen LogP contribution in [0.15, 0.2) is 30.6 Å². The van der Waals surface area contributed by atoms with E-state index in [4.69, 9.17) is 0 Å². The van der Waals surface area contributed by atoms with E-state index in [0.717, 1.165) is 24.5 Å². The molecule has 2 aromatic rings. The number of piperidine rings is 1. The molecule has 6 nitrogen and oxygen atoms in total. The van der Waals surface area contributed by atoms with Gasteiger partial charge in [0.15, 0.2) is 5.82 Å². The summed E-state index contributed by atoms with van der Waals surface area (Å²) in [6.45, 7) is 5.15. The third-order valence-corrected chi connectivity index (χ3v) is 6.70. The minimum absolute atomic E-state index is 0.00834. The van der Waals surface area contributed by atoms with E-state index in [2.05, 4.69) is 27.2 Å². The first-order valence-electron chi connectivity index (χ1n) is 11.2. The van der Waals surface area contributed by atoms with Gasteiger partial charge in [-0.3, -0.25) is 9.69 Å². The molecule has 1 N–H and O–H groups in total. The molecule has 2 aliphatic rings. The normalized spacial score (nSPS) is 19.8. The molecule has 0 radical (unpaired) electrons. The lowest BCUT2D eigenvalue weighted by molar-refractivity contribution is 0.0326. The SMILES string of the molecule is CCc1c(C(=O)NCC2(N3CCCCC3)CCCCC2)cnn1-c1ccccn1. The van der Waals surface area contributed by atoms with Gasteiger partial charge in [0.25, 0.3) is 5.91 Å². The highest BCUT2D eigenvalue weighted by Crippen LogP contribution is 2.35. The second-order valence-electron chi connectivity index (χ2n) is 8.47. The van der Waals surface area contributed by atoms with Crippen LogP contribution < -0.4 is 5.32 Å². The number of carbonyl (C=O) groups excluding carboxylic acids is 1. The van der Waals surface area contributed by atoms with Crippen LogP contribution in [0, 0.1) is 0 Å². The molecule has 0 unspecified atom stereocenters. The predicted molar refractivity (Wildman–Crippen MR) is 114 cm³/mol. The van der Waals surface area contributed by atoms with Gasteiger partial charge < -0.3 is 5.32 Å². The van der Waals surface area contributed by atoms with E-state index in [1.54, 1.807) is 17.1 Å². The second-order valence-corrected chi connectivity index (χ2v) is 8.47. The highest BCUT2D eigenvalue weighted by molar-refractivity contribution is 5.95. The molecular weight excluding hydrogens is 362 g/mol. The van der Waals surface area contributed by atoms with E-state index < -0.39 is 0 Å². The van der Waals surface area contributed by atoms with Gasteiger partial charge in [-0.2, -0.15) is 5.10 Å². The Bertz CT molecular complexity index is 804. The van der Waals surface area contributed by atoms with E-state index in [9.17, 15) is 4.79 Å². The van der Waals surface area contributed by atoms with E-state index in [1.165, 1.54) is 64.5 Å². The molecule has 2 aromatic heterocycles. The number of nitrogens with zero attached hydrogens (tertiary/aromatic N) is 4. The van der Waals surface area contributed by atoms with Crippen molar-refractivity contribution in [1.29, 1.82) is 0 Å². The summed E-state index contributed by atoms with van der Waals surface area (Å²) >= 11 is 0. The van der Waals surface area contributed by atoms with Crippen molar-refractivity contribution in [2.24, 2.45) is 0 Å². The Morgan fingerprint density at radius 3 is 2.55 bits per heavy atom. The number of hydrogen-bond donors (Lipinski definition) is 1. The Balaban J connectivity index is 1.50. The molecule has 29 heavy (non-hydrogen) atoms. The van der Waals surface area contributed by atoms with Gasteiger partial charge in [0.05, 0.1) is 17.5 Å². The molecule has 1 aliphatic carbocycles. The fraction of sp³-hybridized carbons (Fsp3) is 0.609. The average Bonchev–Trinajstić information content (AvgIpc) is 3.23. The number of rotatable bonds is 6. The van der Waals surface area contributed by atoms with Gasteiger partial charge >= 0.3 is 0 Å². The molecule has 6 heteroatoms. The molecular formula is C23H33N5O. The lowest BCUT2D eigenvalue weighted by Gasteiger charge is -2.48. The first-order valence-corrected chi connectivity index (χ1v) is 11.2. The lowest BCUT2D eigenvalue weighted by Crippen LogP contribution is -2.58. The molecule has 0 spiro atoms. The molecule has 2 fully saturated rings. The van der Waals surface area contributed by atoms with Gasteiger partial charge in [-0.05, 0) is 57.3 Å². The Kier molecular flexibility index (Phi) is 6.28. The predicted octanol–water partition coefficient (Wildman–Crippen LogP) is 3.75. The quantitative estimate of drug-likeness (QED) is 0.809. The molecule has 4 rings (SSSR count). The van der Waals surface area contributed by atoms with Crippen LogP contribution in [0.3, 0.4) is 0 Å². The van der Waals surface area contributed by atoms with Gasteiger partial charge in [0, 0.05) is 18.3 Å². The average molecular weight is 396 g/mol. The van der Waals surface area contributed by atoms with Crippen LogP contribution in [-0.2, 0) is 6.42 Å². The fourth-order valence-corrected chi connectivity index (χ4v) is 5.10. The first kappa shape index (κ1) is 20.1. The molecule has 0 bridgehead atoms. The molecule has 1 saturated carbocycles. The van der Waals surface area contributed by atoms with Gasteiger partial charge in [0.2, 0.25) is 0 Å². The van der Waals surface area contributed by atoms with Crippen LogP contribution >= 0.6 is 0 Å². The highest BCUT2D eigenvalue weighted by Gasteiger charge is 2.38. The largest absolute Gasteiger partial charge is 0.350 e.